The average Bonchev–Trinajstić information content (AvgIpc) is 3.57. The van der Waals surface area contributed by atoms with Crippen LogP contribution in [-0.4, -0.2) is 19.5 Å². The van der Waals surface area contributed by atoms with E-state index >= 15 is 0 Å². The minimum absolute atomic E-state index is 0.272. The van der Waals surface area contributed by atoms with Crippen molar-refractivity contribution >= 4 is 54.1 Å². The summed E-state index contributed by atoms with van der Waals surface area (Å²) in [4.78, 5) is 14.3. The van der Waals surface area contributed by atoms with E-state index in [-0.39, 0.29) is 5.82 Å². The lowest BCUT2D eigenvalue weighted by Crippen LogP contribution is -1.94. The molecule has 0 saturated carbocycles. The summed E-state index contributed by atoms with van der Waals surface area (Å²) >= 11 is 0. The third-order valence-corrected chi connectivity index (χ3v) is 10.7. The fourth-order valence-electron chi connectivity index (χ4n) is 8.24. The van der Waals surface area contributed by atoms with Crippen LogP contribution in [-0.2, 0) is 0 Å². The smallest absolute Gasteiger partial charge is 0.125 e. The van der Waals surface area contributed by atoms with Crippen molar-refractivity contribution in [2.45, 2.75) is 0 Å². The molecule has 7 aromatic carbocycles. The van der Waals surface area contributed by atoms with Gasteiger partial charge in [0, 0.05) is 34.4 Å². The van der Waals surface area contributed by atoms with Gasteiger partial charge in [-0.05, 0) is 115 Å². The lowest BCUT2D eigenvalue weighted by Gasteiger charge is -2.15. The molecule has 0 saturated heterocycles. The highest BCUT2D eigenvalue weighted by Crippen LogP contribution is 2.41. The lowest BCUT2D eigenvalue weighted by molar-refractivity contribution is 0.627. The number of hydrogen-bond acceptors (Lipinski definition) is 3. The third kappa shape index (κ3) is 4.79. The van der Waals surface area contributed by atoms with Crippen LogP contribution in [0.2, 0.25) is 0 Å². The quantitative estimate of drug-likeness (QED) is 0.169. The number of pyridine rings is 3. The van der Waals surface area contributed by atoms with Crippen LogP contribution in [0.5, 0.6) is 0 Å². The molecule has 252 valence electrons. The number of hydrogen-bond donors (Lipinski definition) is 0. The average molecular weight is 693 g/mol. The summed E-state index contributed by atoms with van der Waals surface area (Å²) in [6, 6.07) is 54.1. The maximum atomic E-state index is 14.3. The van der Waals surface area contributed by atoms with E-state index in [4.69, 9.17) is 4.98 Å². The summed E-state index contributed by atoms with van der Waals surface area (Å²) in [7, 11) is 0. The highest BCUT2D eigenvalue weighted by Gasteiger charge is 2.17. The van der Waals surface area contributed by atoms with Gasteiger partial charge in [-0.2, -0.15) is 0 Å². The molecule has 4 aromatic heterocycles. The molecule has 0 fully saturated rings. The molecule has 11 rings (SSSR count). The summed E-state index contributed by atoms with van der Waals surface area (Å²) < 4.78 is 16.4. The molecule has 0 bridgehead atoms. The summed E-state index contributed by atoms with van der Waals surface area (Å²) in [6.45, 7) is 0. The van der Waals surface area contributed by atoms with Crippen molar-refractivity contribution in [3.63, 3.8) is 0 Å². The number of fused-ring (bicyclic) bond motifs is 3. The van der Waals surface area contributed by atoms with E-state index in [1.165, 1.54) is 43.9 Å². The van der Waals surface area contributed by atoms with Crippen molar-refractivity contribution in [1.82, 2.24) is 19.5 Å². The minimum atomic E-state index is -0.272. The van der Waals surface area contributed by atoms with Gasteiger partial charge in [0.1, 0.15) is 5.82 Å². The van der Waals surface area contributed by atoms with Crippen LogP contribution in [0, 0.1) is 5.82 Å². The summed E-state index contributed by atoms with van der Waals surface area (Å²) in [6.07, 6.45) is 5.47. The summed E-state index contributed by atoms with van der Waals surface area (Å²) in [5, 5.41) is 9.71. The number of benzene rings is 7. The molecule has 0 amide bonds. The lowest BCUT2D eigenvalue weighted by atomic mass is 9.89. The molecule has 5 heteroatoms. The Morgan fingerprint density at radius 2 is 1.20 bits per heavy atom. The second-order valence-electron chi connectivity index (χ2n) is 13.8. The van der Waals surface area contributed by atoms with Crippen molar-refractivity contribution in [2.75, 3.05) is 0 Å². The maximum Gasteiger partial charge on any atom is 0.125 e. The zero-order chi connectivity index (χ0) is 35.8. The molecular weight excluding hydrogens is 664 g/mol. The van der Waals surface area contributed by atoms with Crippen molar-refractivity contribution in [3.05, 3.63) is 182 Å². The van der Waals surface area contributed by atoms with Crippen LogP contribution in [0.15, 0.2) is 176 Å². The van der Waals surface area contributed by atoms with Crippen LogP contribution in [0.3, 0.4) is 0 Å². The Balaban J connectivity index is 1.03. The largest absolute Gasteiger partial charge is 0.308 e. The normalized spacial score (nSPS) is 11.8. The maximum absolute atomic E-state index is 14.3. The Morgan fingerprint density at radius 1 is 0.444 bits per heavy atom. The van der Waals surface area contributed by atoms with Crippen molar-refractivity contribution in [3.8, 4) is 50.6 Å². The van der Waals surface area contributed by atoms with Crippen LogP contribution in [0.1, 0.15) is 0 Å². The second-order valence-corrected chi connectivity index (χ2v) is 13.8. The van der Waals surface area contributed by atoms with E-state index in [2.05, 4.69) is 124 Å². The van der Waals surface area contributed by atoms with E-state index in [1.54, 1.807) is 12.1 Å². The first-order valence-corrected chi connectivity index (χ1v) is 18.0. The molecular formula is C49H29FN4. The van der Waals surface area contributed by atoms with E-state index in [0.717, 1.165) is 66.8 Å². The van der Waals surface area contributed by atoms with Crippen molar-refractivity contribution in [2.24, 2.45) is 0 Å². The second kappa shape index (κ2) is 11.9. The van der Waals surface area contributed by atoms with Gasteiger partial charge in [-0.1, -0.05) is 97.1 Å². The van der Waals surface area contributed by atoms with Gasteiger partial charge in [0.05, 0.1) is 34.3 Å². The first-order chi connectivity index (χ1) is 26.7. The Bertz CT molecular complexity index is 3210. The van der Waals surface area contributed by atoms with Gasteiger partial charge in [-0.25, -0.2) is 9.37 Å². The fourth-order valence-corrected chi connectivity index (χ4v) is 8.24. The van der Waals surface area contributed by atoms with Crippen LogP contribution >= 0.6 is 0 Å². The van der Waals surface area contributed by atoms with Crippen LogP contribution in [0.4, 0.5) is 4.39 Å². The van der Waals surface area contributed by atoms with Crippen LogP contribution < -0.4 is 0 Å². The molecule has 0 aliphatic carbocycles. The topological polar surface area (TPSA) is 43.6 Å². The summed E-state index contributed by atoms with van der Waals surface area (Å²) in [5.41, 5.74) is 10.7. The monoisotopic (exact) mass is 692 g/mol. The zero-order valence-electron chi connectivity index (χ0n) is 28.9. The molecule has 0 unspecified atom stereocenters. The van der Waals surface area contributed by atoms with Gasteiger partial charge < -0.3 is 4.57 Å². The molecule has 4 nitrogen and oxygen atoms in total. The van der Waals surface area contributed by atoms with Crippen LogP contribution in [0.25, 0.3) is 105 Å². The van der Waals surface area contributed by atoms with Gasteiger partial charge >= 0.3 is 0 Å². The van der Waals surface area contributed by atoms with Gasteiger partial charge in [0.15, 0.2) is 0 Å². The predicted octanol–water partition coefficient (Wildman–Crippen LogP) is 12.7. The fraction of sp³-hybridized carbons (Fsp3) is 0. The number of nitrogens with zero attached hydrogens (tertiary/aromatic N) is 4. The van der Waals surface area contributed by atoms with Crippen molar-refractivity contribution in [1.29, 1.82) is 0 Å². The first kappa shape index (κ1) is 30.4. The standard InChI is InChI=1S/C49H29FN4/c50-37-7-4-8-38(28-37)54-46-21-18-35(25-42(46)40-22-24-51-29-47(40)54)30-10-12-31(13-11-30)44-26-36(27-45(53-44)43-9-1-2-23-52-43)39-19-16-34-15-14-32-5-3-6-33-17-20-41(39)49(34)48(32)33/h1-29H. The molecule has 0 aliphatic rings. The third-order valence-electron chi connectivity index (χ3n) is 10.7. The van der Waals surface area contributed by atoms with E-state index in [9.17, 15) is 4.39 Å². The minimum Gasteiger partial charge on any atom is -0.308 e. The molecule has 11 aromatic rings. The van der Waals surface area contributed by atoms with E-state index in [0.29, 0.717) is 0 Å². The zero-order valence-corrected chi connectivity index (χ0v) is 28.9. The molecule has 4 heterocycles. The van der Waals surface area contributed by atoms with Gasteiger partial charge in [-0.15, -0.1) is 0 Å². The SMILES string of the molecule is Fc1cccc(-n2c3ccc(-c4ccc(-c5cc(-c6ccc7ccc8cccc9ccc6c7c89)cc(-c6ccccn6)n5)cc4)cc3c3ccncc32)c1. The Hall–Kier alpha value is -7.24. The first-order valence-electron chi connectivity index (χ1n) is 18.0. The highest BCUT2D eigenvalue weighted by atomic mass is 19.1. The number of aromatic nitrogens is 4. The Labute approximate surface area is 309 Å². The molecule has 0 spiro atoms. The molecule has 54 heavy (non-hydrogen) atoms. The van der Waals surface area contributed by atoms with Gasteiger partial charge in [-0.3, -0.25) is 9.97 Å². The van der Waals surface area contributed by atoms with Gasteiger partial charge in [0.25, 0.3) is 0 Å². The van der Waals surface area contributed by atoms with Crippen molar-refractivity contribution < 1.29 is 4.39 Å². The molecule has 0 N–H and O–H groups in total. The molecule has 0 atom stereocenters. The Morgan fingerprint density at radius 3 is 2.04 bits per heavy atom. The summed E-state index contributed by atoms with van der Waals surface area (Å²) in [5.74, 6) is -0.272. The van der Waals surface area contributed by atoms with Gasteiger partial charge in [0.2, 0.25) is 0 Å². The molecule has 0 radical (unpaired) electrons. The Kier molecular flexibility index (Phi) is 6.70. The highest BCUT2D eigenvalue weighted by molar-refractivity contribution is 6.25. The van der Waals surface area contributed by atoms with E-state index in [1.807, 2.05) is 48.9 Å². The molecule has 0 aliphatic heterocycles. The predicted molar refractivity (Wildman–Crippen MR) is 220 cm³/mol. The number of rotatable bonds is 5. The number of halogens is 1. The van der Waals surface area contributed by atoms with E-state index < -0.39 is 0 Å².